The molecule has 2 aromatic carbocycles. The summed E-state index contributed by atoms with van der Waals surface area (Å²) in [6, 6.07) is 9.86. The van der Waals surface area contributed by atoms with Gasteiger partial charge in [0.15, 0.2) is 0 Å². The highest BCUT2D eigenvalue weighted by Gasteiger charge is 2.09. The standard InChI is InChI=1S/C20H16BrCl2N3O3/c1-2-9-29-18-6-4-15(21)10-14(18)12-25-26-19(27)7-8-24-20(28)13-3-5-16(22)17(23)11-13/h1,3-6,10-12H,7-9H2,(H,24,28)(H,26,27). The molecule has 29 heavy (non-hydrogen) atoms. The summed E-state index contributed by atoms with van der Waals surface area (Å²) in [7, 11) is 0. The number of hydrazone groups is 1. The summed E-state index contributed by atoms with van der Waals surface area (Å²) in [6.07, 6.45) is 6.69. The summed E-state index contributed by atoms with van der Waals surface area (Å²) in [5.74, 6) is 2.20. The SMILES string of the molecule is C#CCOc1ccc(Br)cc1C=NNC(=O)CCNC(=O)c1ccc(Cl)c(Cl)c1. The topological polar surface area (TPSA) is 79.8 Å². The van der Waals surface area contributed by atoms with Gasteiger partial charge in [0.25, 0.3) is 5.91 Å². The van der Waals surface area contributed by atoms with Crippen molar-refractivity contribution < 1.29 is 14.3 Å². The lowest BCUT2D eigenvalue weighted by Crippen LogP contribution is -2.29. The van der Waals surface area contributed by atoms with Crippen LogP contribution in [0.3, 0.4) is 0 Å². The Balaban J connectivity index is 1.82. The Morgan fingerprint density at radius 3 is 2.72 bits per heavy atom. The number of carbonyl (C=O) groups is 2. The van der Waals surface area contributed by atoms with Crippen molar-refractivity contribution in [3.63, 3.8) is 0 Å². The van der Waals surface area contributed by atoms with Gasteiger partial charge < -0.3 is 10.1 Å². The van der Waals surface area contributed by atoms with Gasteiger partial charge in [-0.3, -0.25) is 9.59 Å². The van der Waals surface area contributed by atoms with Gasteiger partial charge in [0.2, 0.25) is 5.91 Å². The second kappa shape index (κ2) is 11.5. The molecule has 2 aromatic rings. The number of terminal acetylenes is 1. The minimum atomic E-state index is -0.364. The number of hydrogen-bond donors (Lipinski definition) is 2. The Kier molecular flexibility index (Phi) is 9.00. The maximum Gasteiger partial charge on any atom is 0.251 e. The van der Waals surface area contributed by atoms with Crippen LogP contribution in [0.25, 0.3) is 0 Å². The first kappa shape index (κ1) is 22.8. The number of halogens is 3. The molecule has 0 aromatic heterocycles. The molecular formula is C20H16BrCl2N3O3. The molecule has 0 aliphatic rings. The van der Waals surface area contributed by atoms with Crippen molar-refractivity contribution in [1.82, 2.24) is 10.7 Å². The molecule has 0 atom stereocenters. The average Bonchev–Trinajstić information content (AvgIpc) is 2.69. The molecule has 0 fully saturated rings. The summed E-state index contributed by atoms with van der Waals surface area (Å²) in [4.78, 5) is 23.9. The first-order valence-electron chi connectivity index (χ1n) is 8.31. The van der Waals surface area contributed by atoms with Crippen LogP contribution in [0.15, 0.2) is 46.0 Å². The summed E-state index contributed by atoms with van der Waals surface area (Å²) < 4.78 is 6.24. The van der Waals surface area contributed by atoms with Crippen LogP contribution in [-0.4, -0.2) is 31.2 Å². The van der Waals surface area contributed by atoms with Crippen LogP contribution in [-0.2, 0) is 4.79 Å². The number of nitrogens with one attached hydrogen (secondary N) is 2. The Morgan fingerprint density at radius 2 is 2.00 bits per heavy atom. The highest BCUT2D eigenvalue weighted by atomic mass is 79.9. The van der Waals surface area contributed by atoms with Crippen LogP contribution in [0.5, 0.6) is 5.75 Å². The third-order valence-electron chi connectivity index (χ3n) is 3.50. The molecule has 0 heterocycles. The monoisotopic (exact) mass is 495 g/mol. The second-order valence-corrected chi connectivity index (χ2v) is 7.33. The Labute approximate surface area is 186 Å². The van der Waals surface area contributed by atoms with Crippen LogP contribution in [0, 0.1) is 12.3 Å². The van der Waals surface area contributed by atoms with Crippen molar-refractivity contribution in [1.29, 1.82) is 0 Å². The van der Waals surface area contributed by atoms with Crippen molar-refractivity contribution in [3.05, 3.63) is 62.0 Å². The maximum absolute atomic E-state index is 12.0. The van der Waals surface area contributed by atoms with Crippen molar-refractivity contribution in [3.8, 4) is 18.1 Å². The summed E-state index contributed by atoms with van der Waals surface area (Å²) in [5.41, 5.74) is 3.39. The van der Waals surface area contributed by atoms with Gasteiger partial charge >= 0.3 is 0 Å². The van der Waals surface area contributed by atoms with Gasteiger partial charge in [-0.05, 0) is 36.4 Å². The van der Waals surface area contributed by atoms with Crippen molar-refractivity contribution in [2.75, 3.05) is 13.2 Å². The van der Waals surface area contributed by atoms with E-state index in [1.54, 1.807) is 24.3 Å². The predicted octanol–water partition coefficient (Wildman–Crippen LogP) is 4.04. The van der Waals surface area contributed by atoms with Gasteiger partial charge in [-0.2, -0.15) is 5.10 Å². The van der Waals surface area contributed by atoms with Gasteiger partial charge in [0.05, 0.1) is 16.3 Å². The molecule has 0 bridgehead atoms. The van der Waals surface area contributed by atoms with Gasteiger partial charge in [0, 0.05) is 28.6 Å². The van der Waals surface area contributed by atoms with E-state index in [0.717, 1.165) is 4.47 Å². The second-order valence-electron chi connectivity index (χ2n) is 5.60. The third kappa shape index (κ3) is 7.42. The maximum atomic E-state index is 12.0. The van der Waals surface area contributed by atoms with Crippen molar-refractivity contribution in [2.24, 2.45) is 5.10 Å². The molecule has 0 aliphatic heterocycles. The lowest BCUT2D eigenvalue weighted by atomic mass is 10.2. The fourth-order valence-corrected chi connectivity index (χ4v) is 2.81. The molecule has 0 spiro atoms. The van der Waals surface area contributed by atoms with Gasteiger partial charge in [-0.25, -0.2) is 5.43 Å². The van der Waals surface area contributed by atoms with E-state index in [1.165, 1.54) is 18.3 Å². The molecule has 9 heteroatoms. The molecule has 0 radical (unpaired) electrons. The Morgan fingerprint density at radius 1 is 1.21 bits per heavy atom. The van der Waals surface area contributed by atoms with E-state index in [-0.39, 0.29) is 36.4 Å². The molecule has 0 unspecified atom stereocenters. The van der Waals surface area contributed by atoms with E-state index in [4.69, 9.17) is 34.4 Å². The van der Waals surface area contributed by atoms with E-state index < -0.39 is 0 Å². The van der Waals surface area contributed by atoms with Crippen LogP contribution in [0.1, 0.15) is 22.3 Å². The zero-order chi connectivity index (χ0) is 21.2. The van der Waals surface area contributed by atoms with E-state index in [1.807, 2.05) is 0 Å². The van der Waals surface area contributed by atoms with E-state index in [9.17, 15) is 9.59 Å². The minimum absolute atomic E-state index is 0.0450. The number of ether oxygens (including phenoxy) is 1. The highest BCUT2D eigenvalue weighted by Crippen LogP contribution is 2.23. The quantitative estimate of drug-likeness (QED) is 0.329. The van der Waals surface area contributed by atoms with Crippen LogP contribution >= 0.6 is 39.1 Å². The zero-order valence-electron chi connectivity index (χ0n) is 15.0. The molecule has 0 aliphatic carbocycles. The molecular weight excluding hydrogens is 481 g/mol. The van der Waals surface area contributed by atoms with Crippen LogP contribution in [0.4, 0.5) is 0 Å². The normalized spacial score (nSPS) is 10.4. The molecule has 0 saturated carbocycles. The summed E-state index contributed by atoms with van der Waals surface area (Å²) in [6.45, 7) is 0.251. The van der Waals surface area contributed by atoms with Gasteiger partial charge in [-0.1, -0.05) is 45.1 Å². The lowest BCUT2D eigenvalue weighted by Gasteiger charge is -2.07. The van der Waals surface area contributed by atoms with Crippen LogP contribution < -0.4 is 15.5 Å². The average molecular weight is 497 g/mol. The van der Waals surface area contributed by atoms with E-state index >= 15 is 0 Å². The molecule has 2 amide bonds. The lowest BCUT2D eigenvalue weighted by molar-refractivity contribution is -0.120. The molecule has 0 saturated heterocycles. The minimum Gasteiger partial charge on any atom is -0.480 e. The summed E-state index contributed by atoms with van der Waals surface area (Å²) in [5, 5.41) is 7.17. The molecule has 2 N–H and O–H groups in total. The van der Waals surface area contributed by atoms with Crippen molar-refractivity contribution in [2.45, 2.75) is 6.42 Å². The van der Waals surface area contributed by atoms with E-state index in [2.05, 4.69) is 37.7 Å². The predicted molar refractivity (Wildman–Crippen MR) is 118 cm³/mol. The molecule has 2 rings (SSSR count). The first-order chi connectivity index (χ1) is 13.9. The van der Waals surface area contributed by atoms with E-state index in [0.29, 0.717) is 21.9 Å². The number of benzene rings is 2. The van der Waals surface area contributed by atoms with Gasteiger partial charge in [0.1, 0.15) is 12.4 Å². The molecule has 6 nitrogen and oxygen atoms in total. The Hall–Kier alpha value is -2.53. The number of rotatable bonds is 8. The fourth-order valence-electron chi connectivity index (χ4n) is 2.13. The summed E-state index contributed by atoms with van der Waals surface area (Å²) >= 11 is 15.1. The highest BCUT2D eigenvalue weighted by molar-refractivity contribution is 9.10. The number of amides is 2. The number of carbonyl (C=O) groups excluding carboxylic acids is 2. The largest absolute Gasteiger partial charge is 0.480 e. The Bertz CT molecular complexity index is 974. The number of hydrogen-bond acceptors (Lipinski definition) is 4. The smallest absolute Gasteiger partial charge is 0.251 e. The first-order valence-corrected chi connectivity index (χ1v) is 9.86. The molecule has 150 valence electrons. The van der Waals surface area contributed by atoms with Gasteiger partial charge in [-0.15, -0.1) is 6.42 Å². The number of nitrogens with zero attached hydrogens (tertiary/aromatic N) is 1. The zero-order valence-corrected chi connectivity index (χ0v) is 18.1. The third-order valence-corrected chi connectivity index (χ3v) is 4.73. The van der Waals surface area contributed by atoms with Crippen molar-refractivity contribution >= 4 is 57.2 Å². The van der Waals surface area contributed by atoms with Crippen LogP contribution in [0.2, 0.25) is 10.0 Å². The fraction of sp³-hybridized carbons (Fsp3) is 0.150.